The van der Waals surface area contributed by atoms with Gasteiger partial charge in [-0.3, -0.25) is 0 Å². The summed E-state index contributed by atoms with van der Waals surface area (Å²) >= 11 is 1.60. The second-order valence-corrected chi connectivity index (χ2v) is 7.30. The molecule has 0 amide bonds. The van der Waals surface area contributed by atoms with Crippen LogP contribution in [0.4, 0.5) is 0 Å². The summed E-state index contributed by atoms with van der Waals surface area (Å²) in [6.45, 7) is 0.552. The quantitative estimate of drug-likeness (QED) is 0.859. The van der Waals surface area contributed by atoms with E-state index in [9.17, 15) is 8.42 Å². The molecular formula is C11H14N4O2S2. The minimum Gasteiger partial charge on any atom is -0.236 e. The standard InChI is InChI=1S/C11H14N4O2S2/c1-14-11(8-12-13-14)19(16,17)15-6-2-4-9(15)10-5-3-7-18-10/h3,5,7-9H,2,4,6H2,1H3. The van der Waals surface area contributed by atoms with Gasteiger partial charge >= 0.3 is 0 Å². The van der Waals surface area contributed by atoms with Gasteiger partial charge in [0.1, 0.15) is 0 Å². The van der Waals surface area contributed by atoms with Crippen LogP contribution in [-0.4, -0.2) is 34.3 Å². The average molecular weight is 298 g/mol. The summed E-state index contributed by atoms with van der Waals surface area (Å²) in [5.74, 6) is 0. The highest BCUT2D eigenvalue weighted by molar-refractivity contribution is 7.89. The maximum atomic E-state index is 12.7. The molecule has 6 nitrogen and oxygen atoms in total. The molecule has 0 saturated carbocycles. The third kappa shape index (κ3) is 2.09. The van der Waals surface area contributed by atoms with Gasteiger partial charge in [0, 0.05) is 18.5 Å². The van der Waals surface area contributed by atoms with Crippen LogP contribution in [0.5, 0.6) is 0 Å². The van der Waals surface area contributed by atoms with Gasteiger partial charge < -0.3 is 0 Å². The first kappa shape index (κ1) is 12.8. The number of sulfonamides is 1. The molecule has 19 heavy (non-hydrogen) atoms. The summed E-state index contributed by atoms with van der Waals surface area (Å²) in [7, 11) is -1.93. The van der Waals surface area contributed by atoms with Gasteiger partial charge in [0.15, 0.2) is 5.03 Å². The van der Waals surface area contributed by atoms with Crippen molar-refractivity contribution in [1.82, 2.24) is 19.3 Å². The summed E-state index contributed by atoms with van der Waals surface area (Å²) in [5, 5.41) is 9.49. The van der Waals surface area contributed by atoms with Crippen LogP contribution in [0.3, 0.4) is 0 Å². The first-order chi connectivity index (χ1) is 9.10. The maximum Gasteiger partial charge on any atom is 0.262 e. The Morgan fingerprint density at radius 3 is 2.95 bits per heavy atom. The second kappa shape index (κ2) is 4.69. The number of aryl methyl sites for hydroxylation is 1. The SMILES string of the molecule is Cn1nncc1S(=O)(=O)N1CCCC1c1cccs1. The van der Waals surface area contributed by atoms with Crippen molar-refractivity contribution in [2.75, 3.05) is 6.54 Å². The van der Waals surface area contributed by atoms with Crippen molar-refractivity contribution in [3.05, 3.63) is 28.6 Å². The van der Waals surface area contributed by atoms with Gasteiger partial charge in [-0.2, -0.15) is 4.31 Å². The van der Waals surface area contributed by atoms with Gasteiger partial charge in [0.2, 0.25) is 0 Å². The monoisotopic (exact) mass is 298 g/mol. The molecule has 2 aromatic rings. The lowest BCUT2D eigenvalue weighted by Gasteiger charge is -2.22. The van der Waals surface area contributed by atoms with Crippen molar-refractivity contribution in [3.8, 4) is 0 Å². The molecule has 1 aliphatic rings. The van der Waals surface area contributed by atoms with E-state index in [2.05, 4.69) is 10.3 Å². The fourth-order valence-corrected chi connectivity index (χ4v) is 5.08. The maximum absolute atomic E-state index is 12.7. The number of nitrogens with zero attached hydrogens (tertiary/aromatic N) is 4. The number of thiophene rings is 1. The Labute approximate surface area is 115 Å². The van der Waals surface area contributed by atoms with Crippen LogP contribution in [0.2, 0.25) is 0 Å². The van der Waals surface area contributed by atoms with Crippen LogP contribution in [0, 0.1) is 0 Å². The Balaban J connectivity index is 1.99. The van der Waals surface area contributed by atoms with Gasteiger partial charge in [-0.25, -0.2) is 13.1 Å². The van der Waals surface area contributed by atoms with E-state index in [4.69, 9.17) is 0 Å². The molecule has 1 aliphatic heterocycles. The van der Waals surface area contributed by atoms with Crippen LogP contribution in [0.1, 0.15) is 23.8 Å². The average Bonchev–Trinajstić information content (AvgIpc) is 3.09. The number of hydrogen-bond donors (Lipinski definition) is 0. The zero-order chi connectivity index (χ0) is 13.5. The van der Waals surface area contributed by atoms with E-state index >= 15 is 0 Å². The first-order valence-electron chi connectivity index (χ1n) is 6.00. The normalized spacial score (nSPS) is 21.0. The zero-order valence-electron chi connectivity index (χ0n) is 10.4. The summed E-state index contributed by atoms with van der Waals surface area (Å²) in [4.78, 5) is 1.09. The zero-order valence-corrected chi connectivity index (χ0v) is 12.1. The smallest absolute Gasteiger partial charge is 0.236 e. The lowest BCUT2D eigenvalue weighted by molar-refractivity contribution is 0.395. The van der Waals surface area contributed by atoms with Crippen molar-refractivity contribution in [1.29, 1.82) is 0 Å². The van der Waals surface area contributed by atoms with E-state index in [1.54, 1.807) is 22.7 Å². The van der Waals surface area contributed by atoms with E-state index in [1.807, 2.05) is 17.5 Å². The van der Waals surface area contributed by atoms with Crippen molar-refractivity contribution >= 4 is 21.4 Å². The van der Waals surface area contributed by atoms with E-state index in [-0.39, 0.29) is 11.1 Å². The Morgan fingerprint density at radius 2 is 2.32 bits per heavy atom. The lowest BCUT2D eigenvalue weighted by Crippen LogP contribution is -2.31. The van der Waals surface area contributed by atoms with Crippen LogP contribution in [-0.2, 0) is 17.1 Å². The lowest BCUT2D eigenvalue weighted by atomic mass is 10.2. The molecule has 0 radical (unpaired) electrons. The molecule has 1 atom stereocenters. The predicted molar refractivity (Wildman–Crippen MR) is 71.2 cm³/mol. The molecule has 1 fully saturated rings. The molecule has 1 saturated heterocycles. The van der Waals surface area contributed by atoms with E-state index < -0.39 is 10.0 Å². The molecule has 0 aliphatic carbocycles. The first-order valence-corrected chi connectivity index (χ1v) is 8.32. The number of hydrogen-bond acceptors (Lipinski definition) is 5. The summed E-state index contributed by atoms with van der Waals surface area (Å²) in [5.41, 5.74) is 0. The molecule has 8 heteroatoms. The van der Waals surface area contributed by atoms with Gasteiger partial charge in [0.25, 0.3) is 10.0 Å². The highest BCUT2D eigenvalue weighted by Gasteiger charge is 2.38. The third-order valence-corrected chi connectivity index (χ3v) is 6.25. The van der Waals surface area contributed by atoms with Crippen molar-refractivity contribution in [3.63, 3.8) is 0 Å². The van der Waals surface area contributed by atoms with Crippen LogP contribution in [0.15, 0.2) is 28.7 Å². The molecule has 3 rings (SSSR count). The second-order valence-electron chi connectivity index (χ2n) is 4.49. The fourth-order valence-electron chi connectivity index (χ4n) is 2.43. The van der Waals surface area contributed by atoms with Crippen LogP contribution < -0.4 is 0 Å². The largest absolute Gasteiger partial charge is 0.262 e. The Bertz CT molecular complexity index is 663. The van der Waals surface area contributed by atoms with Crippen molar-refractivity contribution in [2.24, 2.45) is 7.05 Å². The minimum atomic E-state index is -3.52. The Morgan fingerprint density at radius 1 is 1.47 bits per heavy atom. The summed E-state index contributed by atoms with van der Waals surface area (Å²) < 4.78 is 28.2. The van der Waals surface area contributed by atoms with Gasteiger partial charge in [-0.15, -0.1) is 16.4 Å². The molecule has 3 heterocycles. The molecule has 0 spiro atoms. The minimum absolute atomic E-state index is 0.0556. The molecular weight excluding hydrogens is 284 g/mol. The molecule has 0 N–H and O–H groups in total. The predicted octanol–water partition coefficient (Wildman–Crippen LogP) is 1.40. The molecule has 102 valence electrons. The van der Waals surface area contributed by atoms with Gasteiger partial charge in [-0.1, -0.05) is 11.3 Å². The summed E-state index contributed by atoms with van der Waals surface area (Å²) in [6.07, 6.45) is 3.05. The van der Waals surface area contributed by atoms with Crippen molar-refractivity contribution in [2.45, 2.75) is 23.9 Å². The third-order valence-electron chi connectivity index (χ3n) is 3.32. The van der Waals surface area contributed by atoms with E-state index in [1.165, 1.54) is 10.9 Å². The van der Waals surface area contributed by atoms with Crippen molar-refractivity contribution < 1.29 is 8.42 Å². The topological polar surface area (TPSA) is 68.1 Å². The molecule has 0 bridgehead atoms. The number of rotatable bonds is 3. The van der Waals surface area contributed by atoms with Gasteiger partial charge in [-0.05, 0) is 24.3 Å². The van der Waals surface area contributed by atoms with Gasteiger partial charge in [0.05, 0.1) is 12.2 Å². The fraction of sp³-hybridized carbons (Fsp3) is 0.455. The molecule has 1 unspecified atom stereocenters. The number of aromatic nitrogens is 3. The highest BCUT2D eigenvalue weighted by Crippen LogP contribution is 2.37. The van der Waals surface area contributed by atoms with Crippen LogP contribution in [0.25, 0.3) is 0 Å². The Kier molecular flexibility index (Phi) is 3.15. The molecule has 2 aromatic heterocycles. The summed E-state index contributed by atoms with van der Waals surface area (Å²) in [6, 6.07) is 3.89. The van der Waals surface area contributed by atoms with E-state index in [0.29, 0.717) is 6.54 Å². The van der Waals surface area contributed by atoms with E-state index in [0.717, 1.165) is 17.7 Å². The highest BCUT2D eigenvalue weighted by atomic mass is 32.2. The Hall–Kier alpha value is -1.25. The van der Waals surface area contributed by atoms with Crippen LogP contribution >= 0.6 is 11.3 Å². The molecule has 0 aromatic carbocycles.